The Morgan fingerprint density at radius 1 is 1.15 bits per heavy atom. The topological polar surface area (TPSA) is 78.5 Å². The molecule has 1 aromatic carbocycles. The molecule has 2 unspecified atom stereocenters. The van der Waals surface area contributed by atoms with Gasteiger partial charge >= 0.3 is 0 Å². The summed E-state index contributed by atoms with van der Waals surface area (Å²) in [5.74, 6) is -0.982. The first-order chi connectivity index (χ1) is 15.9. The Labute approximate surface area is 188 Å². The molecule has 0 saturated heterocycles. The maximum atomic E-state index is 14.0. The molecule has 170 valence electrons. The highest BCUT2D eigenvalue weighted by Crippen LogP contribution is 2.32. The summed E-state index contributed by atoms with van der Waals surface area (Å²) in [6.07, 6.45) is 5.04. The van der Waals surface area contributed by atoms with E-state index >= 15 is 0 Å². The van der Waals surface area contributed by atoms with Gasteiger partial charge in [-0.15, -0.1) is 0 Å². The number of hydrogen-bond acceptors (Lipinski definition) is 6. The molecule has 33 heavy (non-hydrogen) atoms. The van der Waals surface area contributed by atoms with Gasteiger partial charge in [-0.1, -0.05) is 5.16 Å². The Kier molecular flexibility index (Phi) is 4.99. The predicted octanol–water partition coefficient (Wildman–Crippen LogP) is 3.77. The molecule has 8 nitrogen and oxygen atoms in total. The van der Waals surface area contributed by atoms with Gasteiger partial charge in [-0.05, 0) is 32.0 Å². The van der Waals surface area contributed by atoms with Gasteiger partial charge in [-0.25, -0.2) is 18.7 Å². The van der Waals surface area contributed by atoms with Crippen molar-refractivity contribution in [1.82, 2.24) is 24.4 Å². The van der Waals surface area contributed by atoms with Crippen LogP contribution in [-0.2, 0) is 11.9 Å². The van der Waals surface area contributed by atoms with Crippen molar-refractivity contribution in [2.45, 2.75) is 26.0 Å². The Morgan fingerprint density at radius 3 is 2.67 bits per heavy atom. The Morgan fingerprint density at radius 2 is 1.94 bits per heavy atom. The number of methoxy groups -OCH3 is 1. The van der Waals surface area contributed by atoms with E-state index < -0.39 is 11.6 Å². The fraction of sp³-hybridized carbons (Fsp3) is 0.261. The third-order valence-corrected chi connectivity index (χ3v) is 5.74. The van der Waals surface area contributed by atoms with Crippen LogP contribution < -0.4 is 10.1 Å². The van der Waals surface area contributed by atoms with Gasteiger partial charge in [0, 0.05) is 36.5 Å². The molecule has 10 heteroatoms. The minimum atomic E-state index is -0.898. The number of aryl methyl sites for hydroxylation is 2. The monoisotopic (exact) mass is 452 g/mol. The largest absolute Gasteiger partial charge is 0.479 e. The highest BCUT2D eigenvalue weighted by atomic mass is 19.2. The SMILES string of the molecule is COc1nc(C2=NOC(C)C(c3cn(C)c4cc(F)c(F)cc34)N2)ccc1-n1cnc(C)c1. The standard InChI is InChI=1S/C23H22F2N6O2/c1-12-9-31(11-26-12)19-6-5-18(27-23(19)32-4)22-28-21(13(2)33-29-22)15-10-30(3)20-8-17(25)16(24)7-14(15)20/h5-11,13,21H,1-4H3,(H,28,29). The Balaban J connectivity index is 1.51. The van der Waals surface area contributed by atoms with Crippen LogP contribution in [0, 0.1) is 18.6 Å². The number of amidine groups is 1. The molecule has 4 aromatic rings. The van der Waals surface area contributed by atoms with Crippen LogP contribution >= 0.6 is 0 Å². The van der Waals surface area contributed by atoms with Gasteiger partial charge in [0.05, 0.1) is 30.7 Å². The molecule has 0 bridgehead atoms. The van der Waals surface area contributed by atoms with Crippen molar-refractivity contribution in [1.29, 1.82) is 0 Å². The van der Waals surface area contributed by atoms with E-state index in [1.54, 1.807) is 31.1 Å². The van der Waals surface area contributed by atoms with E-state index in [1.807, 2.05) is 36.9 Å². The van der Waals surface area contributed by atoms with Crippen LogP contribution in [0.1, 0.15) is 29.9 Å². The first-order valence-electron chi connectivity index (χ1n) is 10.4. The van der Waals surface area contributed by atoms with Crippen LogP contribution in [0.4, 0.5) is 8.78 Å². The molecule has 0 fully saturated rings. The smallest absolute Gasteiger partial charge is 0.238 e. The van der Waals surface area contributed by atoms with Crippen molar-refractivity contribution >= 4 is 16.7 Å². The highest BCUT2D eigenvalue weighted by molar-refractivity contribution is 5.98. The number of pyridine rings is 1. The molecule has 1 N–H and O–H groups in total. The summed E-state index contributed by atoms with van der Waals surface area (Å²) in [6.45, 7) is 3.76. The van der Waals surface area contributed by atoms with E-state index in [2.05, 4.69) is 20.4 Å². The number of hydrogen-bond donors (Lipinski definition) is 1. The zero-order valence-electron chi connectivity index (χ0n) is 18.5. The predicted molar refractivity (Wildman–Crippen MR) is 118 cm³/mol. The number of nitrogens with zero attached hydrogens (tertiary/aromatic N) is 5. The number of oxime groups is 1. The second-order valence-electron chi connectivity index (χ2n) is 8.00. The third kappa shape index (κ3) is 3.57. The maximum Gasteiger partial charge on any atom is 0.238 e. The molecule has 0 aliphatic carbocycles. The van der Waals surface area contributed by atoms with E-state index in [-0.39, 0.29) is 12.1 Å². The number of aromatic nitrogens is 4. The summed E-state index contributed by atoms with van der Waals surface area (Å²) >= 11 is 0. The van der Waals surface area contributed by atoms with Crippen LogP contribution in [0.5, 0.6) is 5.88 Å². The molecule has 1 aliphatic rings. The fourth-order valence-electron chi connectivity index (χ4n) is 4.06. The van der Waals surface area contributed by atoms with Crippen molar-refractivity contribution in [2.24, 2.45) is 12.2 Å². The van der Waals surface area contributed by atoms with Gasteiger partial charge in [-0.2, -0.15) is 0 Å². The van der Waals surface area contributed by atoms with Crippen LogP contribution in [0.15, 0.2) is 48.1 Å². The summed E-state index contributed by atoms with van der Waals surface area (Å²) in [5, 5.41) is 8.13. The van der Waals surface area contributed by atoms with E-state index in [0.29, 0.717) is 28.3 Å². The molecule has 0 amide bonds. The van der Waals surface area contributed by atoms with E-state index in [4.69, 9.17) is 9.57 Å². The number of halogens is 2. The molecule has 5 rings (SSSR count). The Bertz CT molecular complexity index is 1390. The number of ether oxygens (including phenoxy) is 1. The minimum Gasteiger partial charge on any atom is -0.479 e. The normalized spacial score (nSPS) is 18.1. The van der Waals surface area contributed by atoms with Gasteiger partial charge in [0.25, 0.3) is 0 Å². The zero-order chi connectivity index (χ0) is 23.3. The lowest BCUT2D eigenvalue weighted by Crippen LogP contribution is -2.40. The van der Waals surface area contributed by atoms with Crippen LogP contribution in [0.2, 0.25) is 0 Å². The molecule has 2 atom stereocenters. The number of rotatable bonds is 4. The lowest BCUT2D eigenvalue weighted by Gasteiger charge is -2.29. The summed E-state index contributed by atoms with van der Waals surface area (Å²) in [5.41, 5.74) is 3.47. The van der Waals surface area contributed by atoms with Crippen molar-refractivity contribution in [2.75, 3.05) is 7.11 Å². The van der Waals surface area contributed by atoms with Gasteiger partial charge in [-0.3, -0.25) is 0 Å². The second-order valence-corrected chi connectivity index (χ2v) is 8.00. The van der Waals surface area contributed by atoms with Gasteiger partial charge in [0.2, 0.25) is 5.88 Å². The summed E-state index contributed by atoms with van der Waals surface area (Å²) in [4.78, 5) is 14.5. The van der Waals surface area contributed by atoms with Gasteiger partial charge in [0.1, 0.15) is 17.5 Å². The number of nitrogens with one attached hydrogen (secondary N) is 1. The van der Waals surface area contributed by atoms with Gasteiger partial charge in [0.15, 0.2) is 17.5 Å². The maximum absolute atomic E-state index is 14.0. The molecule has 3 aromatic heterocycles. The summed E-state index contributed by atoms with van der Waals surface area (Å²) < 4.78 is 36.9. The second kappa shape index (κ2) is 7.88. The molecular weight excluding hydrogens is 430 g/mol. The van der Waals surface area contributed by atoms with E-state index in [0.717, 1.165) is 16.9 Å². The van der Waals surface area contributed by atoms with E-state index in [1.165, 1.54) is 12.1 Å². The summed E-state index contributed by atoms with van der Waals surface area (Å²) in [7, 11) is 3.33. The minimum absolute atomic E-state index is 0.359. The molecule has 4 heterocycles. The quantitative estimate of drug-likeness (QED) is 0.510. The lowest BCUT2D eigenvalue weighted by molar-refractivity contribution is 0.0345. The molecule has 0 radical (unpaired) electrons. The average molecular weight is 452 g/mol. The molecule has 0 spiro atoms. The van der Waals surface area contributed by atoms with Crippen molar-refractivity contribution in [3.05, 3.63) is 71.6 Å². The zero-order valence-corrected chi connectivity index (χ0v) is 18.5. The first kappa shape index (κ1) is 20.9. The lowest BCUT2D eigenvalue weighted by atomic mass is 10.0. The van der Waals surface area contributed by atoms with E-state index in [9.17, 15) is 8.78 Å². The molecule has 1 aliphatic heterocycles. The third-order valence-electron chi connectivity index (χ3n) is 5.74. The van der Waals surface area contributed by atoms with Crippen molar-refractivity contribution in [3.8, 4) is 11.6 Å². The van der Waals surface area contributed by atoms with Crippen molar-refractivity contribution < 1.29 is 18.4 Å². The highest BCUT2D eigenvalue weighted by Gasteiger charge is 2.31. The molecular formula is C23H22F2N6O2. The van der Waals surface area contributed by atoms with Gasteiger partial charge < -0.3 is 24.0 Å². The Hall–Kier alpha value is -3.95. The number of imidazole rings is 1. The van der Waals surface area contributed by atoms with Crippen molar-refractivity contribution in [3.63, 3.8) is 0 Å². The number of benzene rings is 1. The molecule has 0 saturated carbocycles. The average Bonchev–Trinajstić information content (AvgIpc) is 3.37. The van der Waals surface area contributed by atoms with Crippen LogP contribution in [-0.4, -0.2) is 38.2 Å². The first-order valence-corrected chi connectivity index (χ1v) is 10.4. The fourth-order valence-corrected chi connectivity index (χ4v) is 4.06. The number of fused-ring (bicyclic) bond motifs is 1. The van der Waals surface area contributed by atoms with Crippen LogP contribution in [0.3, 0.4) is 0 Å². The van der Waals surface area contributed by atoms with Crippen LogP contribution in [0.25, 0.3) is 16.6 Å². The summed E-state index contributed by atoms with van der Waals surface area (Å²) in [6, 6.07) is 5.70.